The number of hydrogen-bond donors (Lipinski definition) is 3. The summed E-state index contributed by atoms with van der Waals surface area (Å²) < 4.78 is 0. The number of nitrogens with one attached hydrogen (secondary N) is 3. The Kier molecular flexibility index (Phi) is 1.59. The third kappa shape index (κ3) is 1.14. The number of carbonyl (C=O) groups is 1. The van der Waals surface area contributed by atoms with Crippen molar-refractivity contribution >= 4 is 12.4 Å². The summed E-state index contributed by atoms with van der Waals surface area (Å²) in [6.07, 6.45) is 5.72. The summed E-state index contributed by atoms with van der Waals surface area (Å²) in [5.74, 6) is -0.705. The lowest BCUT2D eigenvalue weighted by Gasteiger charge is -2.36. The normalized spacial score (nSPS) is 32.9. The SMILES string of the molecule is CN(C1CC1)C12N=CNC=C1NC(=O)N2. The lowest BCUT2D eigenvalue weighted by molar-refractivity contribution is 0.137. The molecule has 2 amide bonds. The van der Waals surface area contributed by atoms with Gasteiger partial charge in [0.2, 0.25) is 5.79 Å². The van der Waals surface area contributed by atoms with E-state index in [1.54, 1.807) is 12.5 Å². The summed E-state index contributed by atoms with van der Waals surface area (Å²) >= 11 is 0. The molecule has 3 rings (SSSR count). The van der Waals surface area contributed by atoms with Gasteiger partial charge in [0.25, 0.3) is 0 Å². The molecule has 15 heavy (non-hydrogen) atoms. The van der Waals surface area contributed by atoms with E-state index in [-0.39, 0.29) is 6.03 Å². The zero-order chi connectivity index (χ0) is 10.5. The van der Waals surface area contributed by atoms with Gasteiger partial charge >= 0.3 is 6.03 Å². The average molecular weight is 207 g/mol. The maximum absolute atomic E-state index is 11.4. The predicted molar refractivity (Wildman–Crippen MR) is 54.9 cm³/mol. The molecule has 2 fully saturated rings. The molecule has 3 N–H and O–H groups in total. The van der Waals surface area contributed by atoms with Crippen molar-refractivity contribution in [2.24, 2.45) is 4.99 Å². The molecule has 6 nitrogen and oxygen atoms in total. The quantitative estimate of drug-likeness (QED) is 0.573. The molecule has 0 radical (unpaired) electrons. The zero-order valence-corrected chi connectivity index (χ0v) is 8.45. The van der Waals surface area contributed by atoms with E-state index >= 15 is 0 Å². The fraction of sp³-hybridized carbons (Fsp3) is 0.556. The van der Waals surface area contributed by atoms with E-state index in [1.165, 1.54) is 12.8 Å². The van der Waals surface area contributed by atoms with Gasteiger partial charge in [-0.1, -0.05) is 0 Å². The number of likely N-dealkylation sites (N-methyl/N-ethyl adjacent to an activating group) is 1. The van der Waals surface area contributed by atoms with Crippen LogP contribution in [0.2, 0.25) is 0 Å². The zero-order valence-electron chi connectivity index (χ0n) is 8.45. The first-order chi connectivity index (χ1) is 7.22. The topological polar surface area (TPSA) is 68.8 Å². The van der Waals surface area contributed by atoms with Gasteiger partial charge in [-0.2, -0.15) is 0 Å². The van der Waals surface area contributed by atoms with Crippen molar-refractivity contribution in [2.45, 2.75) is 24.7 Å². The second kappa shape index (κ2) is 2.73. The molecule has 0 aromatic rings. The van der Waals surface area contributed by atoms with Gasteiger partial charge in [-0.05, 0) is 19.9 Å². The fourth-order valence-corrected chi connectivity index (χ4v) is 2.05. The van der Waals surface area contributed by atoms with Gasteiger partial charge in [0.1, 0.15) is 0 Å². The third-order valence-electron chi connectivity index (χ3n) is 3.07. The van der Waals surface area contributed by atoms with Gasteiger partial charge in [0.15, 0.2) is 0 Å². The van der Waals surface area contributed by atoms with Crippen LogP contribution in [0.3, 0.4) is 0 Å². The summed E-state index contributed by atoms with van der Waals surface area (Å²) in [6, 6.07) is 0.318. The van der Waals surface area contributed by atoms with Crippen molar-refractivity contribution in [3.05, 3.63) is 11.9 Å². The highest BCUT2D eigenvalue weighted by Gasteiger charge is 2.51. The maximum Gasteiger partial charge on any atom is 0.322 e. The van der Waals surface area contributed by atoms with Crippen molar-refractivity contribution in [3.8, 4) is 0 Å². The Balaban J connectivity index is 1.98. The number of urea groups is 1. The van der Waals surface area contributed by atoms with Crippen molar-refractivity contribution < 1.29 is 4.79 Å². The van der Waals surface area contributed by atoms with Gasteiger partial charge in [0, 0.05) is 12.2 Å². The Hall–Kier alpha value is -1.56. The molecule has 3 aliphatic rings. The first kappa shape index (κ1) is 8.72. The van der Waals surface area contributed by atoms with Crippen LogP contribution in [0.5, 0.6) is 0 Å². The molecule has 1 atom stereocenters. The van der Waals surface area contributed by atoms with E-state index in [4.69, 9.17) is 0 Å². The van der Waals surface area contributed by atoms with E-state index in [1.807, 2.05) is 7.05 Å². The van der Waals surface area contributed by atoms with Crippen LogP contribution in [0.1, 0.15) is 12.8 Å². The highest BCUT2D eigenvalue weighted by molar-refractivity contribution is 5.83. The monoisotopic (exact) mass is 207 g/mol. The molecule has 0 spiro atoms. The smallest absolute Gasteiger partial charge is 0.322 e. The highest BCUT2D eigenvalue weighted by atomic mass is 16.2. The number of nitrogens with zero attached hydrogens (tertiary/aromatic N) is 2. The lowest BCUT2D eigenvalue weighted by atomic mass is 10.2. The van der Waals surface area contributed by atoms with E-state index < -0.39 is 5.79 Å². The minimum atomic E-state index is -0.705. The van der Waals surface area contributed by atoms with Crippen LogP contribution in [0.4, 0.5) is 4.79 Å². The number of rotatable bonds is 2. The van der Waals surface area contributed by atoms with Crippen LogP contribution in [-0.2, 0) is 0 Å². The van der Waals surface area contributed by atoms with Gasteiger partial charge in [0.05, 0.1) is 12.0 Å². The molecule has 1 unspecified atom stereocenters. The number of amides is 2. The first-order valence-corrected chi connectivity index (χ1v) is 5.05. The van der Waals surface area contributed by atoms with Crippen LogP contribution in [0.15, 0.2) is 16.9 Å². The van der Waals surface area contributed by atoms with Crippen molar-refractivity contribution in [1.29, 1.82) is 0 Å². The molecule has 6 heteroatoms. The molecular weight excluding hydrogens is 194 g/mol. The Morgan fingerprint density at radius 1 is 1.60 bits per heavy atom. The van der Waals surface area contributed by atoms with Crippen molar-refractivity contribution in [3.63, 3.8) is 0 Å². The summed E-state index contributed by atoms with van der Waals surface area (Å²) in [4.78, 5) is 17.8. The minimum Gasteiger partial charge on any atom is -0.351 e. The Bertz CT molecular complexity index is 373. The third-order valence-corrected chi connectivity index (χ3v) is 3.07. The molecule has 0 bridgehead atoms. The van der Waals surface area contributed by atoms with Crippen LogP contribution >= 0.6 is 0 Å². The molecule has 0 aromatic carbocycles. The average Bonchev–Trinajstić information content (AvgIpc) is 2.99. The lowest BCUT2D eigenvalue weighted by Crippen LogP contribution is -2.56. The summed E-state index contributed by atoms with van der Waals surface area (Å²) in [5, 5.41) is 8.49. The summed E-state index contributed by atoms with van der Waals surface area (Å²) in [5.41, 5.74) is 0.768. The van der Waals surface area contributed by atoms with E-state index in [9.17, 15) is 4.79 Å². The van der Waals surface area contributed by atoms with Crippen LogP contribution in [-0.4, -0.2) is 36.1 Å². The molecular formula is C9H13N5O. The van der Waals surface area contributed by atoms with E-state index in [2.05, 4.69) is 25.8 Å². The fourth-order valence-electron chi connectivity index (χ4n) is 2.05. The molecule has 2 heterocycles. The largest absolute Gasteiger partial charge is 0.351 e. The number of carbonyl (C=O) groups excluding carboxylic acids is 1. The molecule has 2 aliphatic heterocycles. The molecule has 1 aliphatic carbocycles. The van der Waals surface area contributed by atoms with Crippen molar-refractivity contribution in [2.75, 3.05) is 7.05 Å². The van der Waals surface area contributed by atoms with E-state index in [0.29, 0.717) is 6.04 Å². The number of aliphatic imine (C=N–C) groups is 1. The second-order valence-corrected chi connectivity index (χ2v) is 4.08. The number of fused-ring (bicyclic) bond motifs is 1. The van der Waals surface area contributed by atoms with Crippen molar-refractivity contribution in [1.82, 2.24) is 20.9 Å². The Morgan fingerprint density at radius 3 is 3.13 bits per heavy atom. The Morgan fingerprint density at radius 2 is 2.40 bits per heavy atom. The Labute approximate surface area is 87.4 Å². The molecule has 0 aromatic heterocycles. The number of hydrogen-bond acceptors (Lipinski definition) is 4. The molecule has 1 saturated heterocycles. The van der Waals surface area contributed by atoms with Gasteiger partial charge in [-0.3, -0.25) is 10.2 Å². The van der Waals surface area contributed by atoms with Crippen LogP contribution in [0, 0.1) is 0 Å². The molecule has 1 saturated carbocycles. The van der Waals surface area contributed by atoms with E-state index in [0.717, 1.165) is 5.70 Å². The highest BCUT2D eigenvalue weighted by Crippen LogP contribution is 2.35. The summed E-state index contributed by atoms with van der Waals surface area (Å²) in [6.45, 7) is 0. The standard InChI is InChI=1S/C9H13N5O/c1-14(6-2-3-6)9-7(4-10-5-11-9)12-8(15)13-9/h4-6H,2-3H2,1H3,(H,10,11)(H2,12,13,15). The van der Waals surface area contributed by atoms with Gasteiger partial charge in [-0.15, -0.1) is 0 Å². The predicted octanol–water partition coefficient (Wildman–Crippen LogP) is -0.480. The van der Waals surface area contributed by atoms with Gasteiger partial charge < -0.3 is 10.6 Å². The van der Waals surface area contributed by atoms with Crippen LogP contribution < -0.4 is 16.0 Å². The van der Waals surface area contributed by atoms with Crippen LogP contribution in [0.25, 0.3) is 0 Å². The maximum atomic E-state index is 11.4. The second-order valence-electron chi connectivity index (χ2n) is 4.08. The first-order valence-electron chi connectivity index (χ1n) is 5.05. The van der Waals surface area contributed by atoms with Gasteiger partial charge in [-0.25, -0.2) is 9.79 Å². The molecule has 80 valence electrons. The minimum absolute atomic E-state index is 0.199. The summed E-state index contributed by atoms with van der Waals surface area (Å²) in [7, 11) is 1.99.